The second-order valence-corrected chi connectivity index (χ2v) is 5.61. The second kappa shape index (κ2) is 8.36. The molecule has 0 amide bonds. The molecule has 1 saturated heterocycles. The van der Waals surface area contributed by atoms with E-state index in [1.807, 2.05) is 32.0 Å². The van der Waals surface area contributed by atoms with Gasteiger partial charge in [-0.1, -0.05) is 6.07 Å². The summed E-state index contributed by atoms with van der Waals surface area (Å²) in [5.41, 5.74) is 1.08. The predicted molar refractivity (Wildman–Crippen MR) is 87.7 cm³/mol. The van der Waals surface area contributed by atoms with Crippen LogP contribution >= 0.6 is 0 Å². The summed E-state index contributed by atoms with van der Waals surface area (Å²) in [6.45, 7) is 9.26. The molecule has 1 fully saturated rings. The molecule has 22 heavy (non-hydrogen) atoms. The summed E-state index contributed by atoms with van der Waals surface area (Å²) in [7, 11) is 2.13. The predicted octanol–water partition coefficient (Wildman–Crippen LogP) is 1.76. The number of nitrogens with zero attached hydrogens (tertiary/aromatic N) is 2. The molecule has 0 aromatic heterocycles. The maximum absolute atomic E-state index is 9.86. The van der Waals surface area contributed by atoms with Gasteiger partial charge in [0.15, 0.2) is 11.5 Å². The van der Waals surface area contributed by atoms with Crippen molar-refractivity contribution in [2.24, 2.45) is 0 Å². The van der Waals surface area contributed by atoms with Crippen molar-refractivity contribution in [3.05, 3.63) is 23.8 Å². The number of hydrogen-bond acceptors (Lipinski definition) is 5. The number of hydrogen-bond donors (Lipinski definition) is 1. The van der Waals surface area contributed by atoms with E-state index in [-0.39, 0.29) is 12.6 Å². The third-order valence-corrected chi connectivity index (χ3v) is 4.10. The van der Waals surface area contributed by atoms with Gasteiger partial charge in [-0.2, -0.15) is 0 Å². The van der Waals surface area contributed by atoms with E-state index < -0.39 is 0 Å². The largest absolute Gasteiger partial charge is 0.490 e. The highest BCUT2D eigenvalue weighted by molar-refractivity contribution is 5.44. The maximum atomic E-state index is 9.86. The Morgan fingerprint density at radius 1 is 1.05 bits per heavy atom. The number of aliphatic hydroxyl groups is 1. The highest BCUT2D eigenvalue weighted by Gasteiger charge is 2.24. The minimum absolute atomic E-state index is 0.0172. The summed E-state index contributed by atoms with van der Waals surface area (Å²) in [6, 6.07) is 6.01. The Hall–Kier alpha value is -1.30. The van der Waals surface area contributed by atoms with Crippen molar-refractivity contribution >= 4 is 0 Å². The van der Waals surface area contributed by atoms with Gasteiger partial charge in [-0.15, -0.1) is 0 Å². The molecular formula is C17H28N2O3. The van der Waals surface area contributed by atoms with Gasteiger partial charge in [0, 0.05) is 26.2 Å². The van der Waals surface area contributed by atoms with E-state index in [1.165, 1.54) is 0 Å². The van der Waals surface area contributed by atoms with E-state index in [0.717, 1.165) is 43.2 Å². The third-order valence-electron chi connectivity index (χ3n) is 4.10. The van der Waals surface area contributed by atoms with Crippen molar-refractivity contribution in [2.75, 3.05) is 53.0 Å². The monoisotopic (exact) mass is 308 g/mol. The van der Waals surface area contributed by atoms with Crippen molar-refractivity contribution in [3.63, 3.8) is 0 Å². The lowest BCUT2D eigenvalue weighted by atomic mass is 10.0. The molecule has 1 aliphatic heterocycles. The maximum Gasteiger partial charge on any atom is 0.161 e. The summed E-state index contributed by atoms with van der Waals surface area (Å²) in [5, 5.41) is 9.86. The van der Waals surface area contributed by atoms with Gasteiger partial charge in [0.05, 0.1) is 25.9 Å². The van der Waals surface area contributed by atoms with Crippen LogP contribution in [0.4, 0.5) is 0 Å². The SMILES string of the molecule is CCOc1ccc(C(CO)N2CCN(C)CC2)cc1OCC. The molecule has 2 rings (SSSR count). The summed E-state index contributed by atoms with van der Waals surface area (Å²) < 4.78 is 11.3. The van der Waals surface area contributed by atoms with Gasteiger partial charge in [0.1, 0.15) is 0 Å². The first-order chi connectivity index (χ1) is 10.7. The van der Waals surface area contributed by atoms with Gasteiger partial charge in [-0.25, -0.2) is 0 Å². The van der Waals surface area contributed by atoms with Crippen molar-refractivity contribution in [1.82, 2.24) is 9.80 Å². The van der Waals surface area contributed by atoms with Crippen LogP contribution in [0.1, 0.15) is 25.5 Å². The first-order valence-corrected chi connectivity index (χ1v) is 8.12. The Labute approximate surface area is 133 Å². The van der Waals surface area contributed by atoms with Crippen molar-refractivity contribution in [3.8, 4) is 11.5 Å². The van der Waals surface area contributed by atoms with Crippen LogP contribution in [-0.2, 0) is 0 Å². The lowest BCUT2D eigenvalue weighted by Gasteiger charge is -2.37. The molecule has 1 heterocycles. The van der Waals surface area contributed by atoms with Crippen molar-refractivity contribution in [2.45, 2.75) is 19.9 Å². The van der Waals surface area contributed by atoms with Crippen LogP contribution < -0.4 is 9.47 Å². The first-order valence-electron chi connectivity index (χ1n) is 8.12. The van der Waals surface area contributed by atoms with Crippen LogP contribution in [0.3, 0.4) is 0 Å². The highest BCUT2D eigenvalue weighted by Crippen LogP contribution is 2.32. The van der Waals surface area contributed by atoms with E-state index in [2.05, 4.69) is 16.8 Å². The summed E-state index contributed by atoms with van der Waals surface area (Å²) in [5.74, 6) is 1.53. The average molecular weight is 308 g/mol. The molecular weight excluding hydrogens is 280 g/mol. The number of piperazine rings is 1. The van der Waals surface area contributed by atoms with Crippen LogP contribution in [0.2, 0.25) is 0 Å². The summed E-state index contributed by atoms with van der Waals surface area (Å²) in [4.78, 5) is 4.65. The molecule has 5 heteroatoms. The van der Waals surface area contributed by atoms with Gasteiger partial charge in [0.2, 0.25) is 0 Å². The molecule has 0 radical (unpaired) electrons. The molecule has 1 aliphatic rings. The zero-order valence-corrected chi connectivity index (χ0v) is 13.9. The van der Waals surface area contributed by atoms with Crippen LogP contribution in [0, 0.1) is 0 Å². The standard InChI is InChI=1S/C17H28N2O3/c1-4-21-16-7-6-14(12-17(16)22-5-2)15(13-20)19-10-8-18(3)9-11-19/h6-7,12,15,20H,4-5,8-11,13H2,1-3H3. The Kier molecular flexibility index (Phi) is 6.49. The number of rotatable bonds is 7. The fraction of sp³-hybridized carbons (Fsp3) is 0.647. The molecule has 0 bridgehead atoms. The molecule has 0 spiro atoms. The summed E-state index contributed by atoms with van der Waals surface area (Å²) in [6.07, 6.45) is 0. The number of likely N-dealkylation sites (N-methyl/N-ethyl adjacent to an activating group) is 1. The Morgan fingerprint density at radius 3 is 2.27 bits per heavy atom. The minimum atomic E-state index is 0.0172. The normalized spacial score (nSPS) is 18.2. The molecule has 5 nitrogen and oxygen atoms in total. The van der Waals surface area contributed by atoms with E-state index >= 15 is 0 Å². The van der Waals surface area contributed by atoms with Crippen LogP contribution in [-0.4, -0.2) is 68.0 Å². The molecule has 1 N–H and O–H groups in total. The Morgan fingerprint density at radius 2 is 1.68 bits per heavy atom. The molecule has 1 aromatic carbocycles. The zero-order chi connectivity index (χ0) is 15.9. The van der Waals surface area contributed by atoms with Gasteiger partial charge in [-0.3, -0.25) is 4.90 Å². The highest BCUT2D eigenvalue weighted by atomic mass is 16.5. The number of benzene rings is 1. The number of ether oxygens (including phenoxy) is 2. The van der Waals surface area contributed by atoms with Crippen molar-refractivity contribution in [1.29, 1.82) is 0 Å². The van der Waals surface area contributed by atoms with Crippen molar-refractivity contribution < 1.29 is 14.6 Å². The van der Waals surface area contributed by atoms with Gasteiger partial charge < -0.3 is 19.5 Å². The molecule has 0 aliphatic carbocycles. The third kappa shape index (κ3) is 4.12. The van der Waals surface area contributed by atoms with Crippen LogP contribution in [0.25, 0.3) is 0 Å². The Balaban J connectivity index is 2.19. The lowest BCUT2D eigenvalue weighted by Crippen LogP contribution is -2.46. The first kappa shape index (κ1) is 17.1. The zero-order valence-electron chi connectivity index (χ0n) is 13.9. The molecule has 1 aromatic rings. The fourth-order valence-corrected chi connectivity index (χ4v) is 2.84. The second-order valence-electron chi connectivity index (χ2n) is 5.61. The Bertz CT molecular complexity index is 459. The van der Waals surface area contributed by atoms with E-state index in [9.17, 15) is 5.11 Å². The smallest absolute Gasteiger partial charge is 0.161 e. The quantitative estimate of drug-likeness (QED) is 0.832. The van der Waals surface area contributed by atoms with Crippen LogP contribution in [0.15, 0.2) is 18.2 Å². The van der Waals surface area contributed by atoms with E-state index in [0.29, 0.717) is 13.2 Å². The molecule has 1 atom stereocenters. The molecule has 1 unspecified atom stereocenters. The molecule has 0 saturated carbocycles. The van der Waals surface area contributed by atoms with Crippen LogP contribution in [0.5, 0.6) is 11.5 Å². The van der Waals surface area contributed by atoms with Gasteiger partial charge >= 0.3 is 0 Å². The average Bonchev–Trinajstić information content (AvgIpc) is 2.53. The van der Waals surface area contributed by atoms with Gasteiger partial charge in [-0.05, 0) is 38.6 Å². The van der Waals surface area contributed by atoms with E-state index in [4.69, 9.17) is 9.47 Å². The summed E-state index contributed by atoms with van der Waals surface area (Å²) >= 11 is 0. The fourth-order valence-electron chi connectivity index (χ4n) is 2.84. The minimum Gasteiger partial charge on any atom is -0.490 e. The van der Waals surface area contributed by atoms with Gasteiger partial charge in [0.25, 0.3) is 0 Å². The lowest BCUT2D eigenvalue weighted by molar-refractivity contribution is 0.0746. The van der Waals surface area contributed by atoms with E-state index in [1.54, 1.807) is 0 Å². The number of aliphatic hydroxyl groups excluding tert-OH is 1. The molecule has 124 valence electrons. The topological polar surface area (TPSA) is 45.2 Å².